The van der Waals surface area contributed by atoms with Crippen LogP contribution in [0.4, 0.5) is 15.9 Å². The molecule has 138 valence electrons. The van der Waals surface area contributed by atoms with Crippen LogP contribution < -0.4 is 16.7 Å². The maximum Gasteiger partial charge on any atom is 0.346 e. The fraction of sp³-hybridized carbons (Fsp3) is 0.312. The van der Waals surface area contributed by atoms with Crippen LogP contribution in [0, 0.1) is 9.39 Å². The number of halogens is 2. The van der Waals surface area contributed by atoms with Gasteiger partial charge in [-0.25, -0.2) is 14.2 Å². The number of anilines is 2. The summed E-state index contributed by atoms with van der Waals surface area (Å²) in [6.07, 6.45) is 1.12. The van der Waals surface area contributed by atoms with E-state index in [1.807, 2.05) is 22.6 Å². The zero-order chi connectivity index (χ0) is 19.1. The van der Waals surface area contributed by atoms with Gasteiger partial charge in [0.15, 0.2) is 0 Å². The molecule has 26 heavy (non-hydrogen) atoms. The molecule has 1 atom stereocenters. The molecule has 0 radical (unpaired) electrons. The minimum Gasteiger partial charge on any atom is -0.385 e. The van der Waals surface area contributed by atoms with Crippen molar-refractivity contribution >= 4 is 40.0 Å². The Hall–Kier alpha value is -2.05. The van der Waals surface area contributed by atoms with Gasteiger partial charge in [-0.15, -0.1) is 0 Å². The highest BCUT2D eigenvalue weighted by Gasteiger charge is 2.46. The number of likely N-dealkylation sites (tertiary alicyclic amines) is 1. The number of amides is 1. The number of nitrogens with one attached hydrogen (secondary N) is 2. The molecule has 0 saturated carbocycles. The first-order valence-corrected chi connectivity index (χ1v) is 8.86. The summed E-state index contributed by atoms with van der Waals surface area (Å²) in [6, 6.07) is 4.02. The molecule has 2 heterocycles. The Morgan fingerprint density at radius 1 is 1.54 bits per heavy atom. The van der Waals surface area contributed by atoms with E-state index in [1.165, 1.54) is 17.0 Å². The average molecular weight is 473 g/mol. The van der Waals surface area contributed by atoms with Gasteiger partial charge in [-0.2, -0.15) is 0 Å². The van der Waals surface area contributed by atoms with Gasteiger partial charge in [-0.1, -0.05) is 0 Å². The number of aromatic amines is 1. The lowest BCUT2D eigenvalue weighted by molar-refractivity contribution is -0.0931. The molecule has 1 aliphatic heterocycles. The highest BCUT2D eigenvalue weighted by molar-refractivity contribution is 14.1. The molecule has 1 fully saturated rings. The van der Waals surface area contributed by atoms with Crippen molar-refractivity contribution in [2.24, 2.45) is 5.73 Å². The lowest BCUT2D eigenvalue weighted by atomic mass is 9.87. The fourth-order valence-corrected chi connectivity index (χ4v) is 3.05. The summed E-state index contributed by atoms with van der Waals surface area (Å²) in [5, 5.41) is 12.9. The van der Waals surface area contributed by atoms with Gasteiger partial charge in [0.2, 0.25) is 0 Å². The molecule has 1 saturated heterocycles. The number of nitrogens with two attached hydrogens (primary N) is 1. The van der Waals surface area contributed by atoms with Crippen molar-refractivity contribution in [3.05, 3.63) is 49.8 Å². The van der Waals surface area contributed by atoms with Gasteiger partial charge >= 0.3 is 5.69 Å². The summed E-state index contributed by atoms with van der Waals surface area (Å²) in [5.41, 5.74) is 4.07. The molecule has 1 aromatic carbocycles. The van der Waals surface area contributed by atoms with E-state index in [9.17, 15) is 19.1 Å². The number of hydrogen-bond donors (Lipinski definition) is 4. The van der Waals surface area contributed by atoms with E-state index >= 15 is 0 Å². The Morgan fingerprint density at radius 3 is 2.85 bits per heavy atom. The molecule has 5 N–H and O–H groups in total. The SMILES string of the molecule is C[C@H](N)C1(O)CN(C(=O)c2cnc(=O)[nH]c2Nc2ccc(I)cc2F)C1. The van der Waals surface area contributed by atoms with Crippen LogP contribution in [0.5, 0.6) is 0 Å². The van der Waals surface area contributed by atoms with Gasteiger partial charge < -0.3 is 21.1 Å². The number of aliphatic hydroxyl groups is 1. The maximum atomic E-state index is 14.1. The summed E-state index contributed by atoms with van der Waals surface area (Å²) in [6.45, 7) is 1.80. The predicted molar refractivity (Wildman–Crippen MR) is 102 cm³/mol. The smallest absolute Gasteiger partial charge is 0.346 e. The fourth-order valence-electron chi connectivity index (χ4n) is 2.60. The van der Waals surface area contributed by atoms with Gasteiger partial charge in [0, 0.05) is 15.8 Å². The number of aromatic nitrogens is 2. The molecule has 3 rings (SSSR count). The van der Waals surface area contributed by atoms with Crippen molar-refractivity contribution in [2.75, 3.05) is 18.4 Å². The number of carbonyl (C=O) groups is 1. The van der Waals surface area contributed by atoms with E-state index in [-0.39, 0.29) is 30.2 Å². The van der Waals surface area contributed by atoms with E-state index in [2.05, 4.69) is 15.3 Å². The molecular formula is C16H17FIN5O3. The molecule has 10 heteroatoms. The van der Waals surface area contributed by atoms with E-state index < -0.39 is 29.1 Å². The van der Waals surface area contributed by atoms with Crippen LogP contribution >= 0.6 is 22.6 Å². The number of benzene rings is 1. The molecule has 8 nitrogen and oxygen atoms in total. The minimum atomic E-state index is -1.14. The summed E-state index contributed by atoms with van der Waals surface area (Å²) in [5.74, 6) is -0.943. The van der Waals surface area contributed by atoms with Gasteiger partial charge in [0.1, 0.15) is 17.2 Å². The van der Waals surface area contributed by atoms with Crippen LogP contribution in [0.2, 0.25) is 0 Å². The lowest BCUT2D eigenvalue weighted by Gasteiger charge is -2.48. The van der Waals surface area contributed by atoms with E-state index in [1.54, 1.807) is 13.0 Å². The highest BCUT2D eigenvalue weighted by atomic mass is 127. The molecule has 0 spiro atoms. The van der Waals surface area contributed by atoms with Crippen LogP contribution in [0.25, 0.3) is 0 Å². The van der Waals surface area contributed by atoms with Crippen LogP contribution in [0.1, 0.15) is 17.3 Å². The quantitative estimate of drug-likeness (QED) is 0.487. The van der Waals surface area contributed by atoms with Gasteiger partial charge in [0.05, 0.1) is 24.3 Å². The van der Waals surface area contributed by atoms with Crippen LogP contribution in [-0.4, -0.2) is 50.6 Å². The number of nitrogens with zero attached hydrogens (tertiary/aromatic N) is 2. The zero-order valence-electron chi connectivity index (χ0n) is 13.8. The van der Waals surface area contributed by atoms with Crippen molar-refractivity contribution in [3.8, 4) is 0 Å². The Balaban J connectivity index is 1.87. The first kappa shape index (κ1) is 18.7. The average Bonchev–Trinajstić information content (AvgIpc) is 2.54. The van der Waals surface area contributed by atoms with Crippen molar-refractivity contribution in [2.45, 2.75) is 18.6 Å². The van der Waals surface area contributed by atoms with E-state index in [4.69, 9.17) is 5.73 Å². The molecule has 0 unspecified atom stereocenters. The lowest BCUT2D eigenvalue weighted by Crippen LogP contribution is -2.70. The van der Waals surface area contributed by atoms with Crippen molar-refractivity contribution < 1.29 is 14.3 Å². The normalized spacial score (nSPS) is 16.7. The molecule has 0 aliphatic carbocycles. The number of hydrogen-bond acceptors (Lipinski definition) is 6. The molecule has 1 aliphatic rings. The Bertz CT molecular complexity index is 911. The third-order valence-corrected chi connectivity index (χ3v) is 4.97. The van der Waals surface area contributed by atoms with Crippen molar-refractivity contribution in [1.82, 2.24) is 14.9 Å². The molecule has 1 amide bonds. The zero-order valence-corrected chi connectivity index (χ0v) is 15.9. The summed E-state index contributed by atoms with van der Waals surface area (Å²) in [7, 11) is 0. The van der Waals surface area contributed by atoms with Crippen LogP contribution in [0.15, 0.2) is 29.2 Å². The molecule has 1 aromatic heterocycles. The summed E-state index contributed by atoms with van der Waals surface area (Å²) < 4.78 is 14.8. The van der Waals surface area contributed by atoms with Gasteiger partial charge in [-0.05, 0) is 47.7 Å². The van der Waals surface area contributed by atoms with E-state index in [0.29, 0.717) is 3.57 Å². The largest absolute Gasteiger partial charge is 0.385 e. The Morgan fingerprint density at radius 2 is 2.23 bits per heavy atom. The first-order chi connectivity index (χ1) is 12.2. The summed E-state index contributed by atoms with van der Waals surface area (Å²) >= 11 is 1.98. The monoisotopic (exact) mass is 473 g/mol. The molecule has 2 aromatic rings. The third kappa shape index (κ3) is 3.57. The van der Waals surface area contributed by atoms with Crippen LogP contribution in [0.3, 0.4) is 0 Å². The topological polar surface area (TPSA) is 124 Å². The number of rotatable bonds is 4. The molecular weight excluding hydrogens is 456 g/mol. The Kier molecular flexibility index (Phi) is 4.99. The standard InChI is InChI=1S/C16H17FIN5O3/c1-8(19)16(26)6-23(7-16)14(24)10-5-20-15(25)22-13(10)21-12-3-2-9(18)4-11(12)17/h2-5,8,26H,6-7,19H2,1H3,(H2,20,21,22,25)/t8-/m0/s1. The van der Waals surface area contributed by atoms with Gasteiger partial charge in [0.25, 0.3) is 5.91 Å². The number of β-amino-alcohol motifs (C(OH)–C–C–N with tert-alkyl or cyclic N) is 1. The Labute approximate surface area is 161 Å². The predicted octanol–water partition coefficient (Wildman–Crippen LogP) is 0.791. The van der Waals surface area contributed by atoms with Gasteiger partial charge in [-0.3, -0.25) is 9.78 Å². The van der Waals surface area contributed by atoms with Crippen molar-refractivity contribution in [1.29, 1.82) is 0 Å². The maximum absolute atomic E-state index is 14.1. The minimum absolute atomic E-state index is 0.0337. The number of H-pyrrole nitrogens is 1. The number of carbonyl (C=O) groups excluding carboxylic acids is 1. The van der Waals surface area contributed by atoms with Crippen LogP contribution in [-0.2, 0) is 0 Å². The molecule has 0 bridgehead atoms. The summed E-state index contributed by atoms with van der Waals surface area (Å²) in [4.78, 5) is 31.6. The first-order valence-electron chi connectivity index (χ1n) is 7.78. The third-order valence-electron chi connectivity index (χ3n) is 4.30. The van der Waals surface area contributed by atoms with Crippen molar-refractivity contribution in [3.63, 3.8) is 0 Å². The second-order valence-electron chi connectivity index (χ2n) is 6.28. The van der Waals surface area contributed by atoms with E-state index in [0.717, 1.165) is 6.20 Å². The second-order valence-corrected chi connectivity index (χ2v) is 7.53. The highest BCUT2D eigenvalue weighted by Crippen LogP contribution is 2.28. The second kappa shape index (κ2) is 6.93.